The Labute approximate surface area is 170 Å². The predicted octanol–water partition coefficient (Wildman–Crippen LogP) is 4.57. The molecule has 0 aliphatic carbocycles. The fourth-order valence-electron chi connectivity index (χ4n) is 2.77. The van der Waals surface area contributed by atoms with Gasteiger partial charge in [0.05, 0.1) is 17.7 Å². The van der Waals surface area contributed by atoms with Gasteiger partial charge in [0.1, 0.15) is 0 Å². The zero-order chi connectivity index (χ0) is 21.0. The Bertz CT molecular complexity index is 1170. The second-order valence-corrected chi connectivity index (χ2v) is 8.26. The minimum absolute atomic E-state index is 0.0266. The molecule has 0 aliphatic rings. The van der Waals surface area contributed by atoms with Crippen molar-refractivity contribution in [2.75, 3.05) is 11.8 Å². The number of hydrogen-bond acceptors (Lipinski definition) is 5. The molecule has 0 fully saturated rings. The highest BCUT2D eigenvalue weighted by Crippen LogP contribution is 2.29. The molecule has 0 saturated heterocycles. The number of para-hydroxylation sites is 1. The summed E-state index contributed by atoms with van der Waals surface area (Å²) in [6, 6.07) is 16.9. The van der Waals surface area contributed by atoms with Crippen molar-refractivity contribution in [3.05, 3.63) is 77.4 Å². The summed E-state index contributed by atoms with van der Waals surface area (Å²) < 4.78 is 33.2. The molecule has 3 aromatic rings. The van der Waals surface area contributed by atoms with Crippen molar-refractivity contribution in [2.45, 2.75) is 18.7 Å². The summed E-state index contributed by atoms with van der Waals surface area (Å²) in [6.07, 6.45) is 1.48. The van der Waals surface area contributed by atoms with Gasteiger partial charge >= 0.3 is 0 Å². The number of phenolic OH excluding ortho intramolecular Hbond substituents is 1. The summed E-state index contributed by atoms with van der Waals surface area (Å²) in [5.41, 5.74) is 3.21. The number of methoxy groups -OCH3 is 1. The van der Waals surface area contributed by atoms with Gasteiger partial charge in [-0.1, -0.05) is 24.3 Å². The van der Waals surface area contributed by atoms with Crippen molar-refractivity contribution in [3.63, 3.8) is 0 Å². The van der Waals surface area contributed by atoms with E-state index in [9.17, 15) is 13.5 Å². The lowest BCUT2D eigenvalue weighted by Gasteiger charge is -2.10. The summed E-state index contributed by atoms with van der Waals surface area (Å²) in [4.78, 5) is 4.48. The van der Waals surface area contributed by atoms with E-state index in [1.54, 1.807) is 42.5 Å². The van der Waals surface area contributed by atoms with Gasteiger partial charge in [-0.2, -0.15) is 0 Å². The van der Waals surface area contributed by atoms with Crippen LogP contribution in [0.1, 0.15) is 16.7 Å². The predicted molar refractivity (Wildman–Crippen MR) is 115 cm³/mol. The lowest BCUT2D eigenvalue weighted by molar-refractivity contribution is 0.373. The largest absolute Gasteiger partial charge is 0.504 e. The van der Waals surface area contributed by atoms with Gasteiger partial charge in [-0.3, -0.25) is 9.71 Å². The molecule has 3 aromatic carbocycles. The number of rotatable bonds is 6. The van der Waals surface area contributed by atoms with Gasteiger partial charge in [0.25, 0.3) is 10.0 Å². The molecule has 6 nitrogen and oxygen atoms in total. The van der Waals surface area contributed by atoms with Crippen LogP contribution in [0.3, 0.4) is 0 Å². The van der Waals surface area contributed by atoms with E-state index in [1.165, 1.54) is 25.5 Å². The van der Waals surface area contributed by atoms with Crippen LogP contribution >= 0.6 is 0 Å². The molecule has 0 atom stereocenters. The van der Waals surface area contributed by atoms with Crippen LogP contribution in [-0.2, 0) is 10.0 Å². The van der Waals surface area contributed by atoms with Crippen LogP contribution in [-0.4, -0.2) is 26.8 Å². The number of nitrogens with one attached hydrogen (secondary N) is 1. The fraction of sp³-hybridized carbons (Fsp3) is 0.136. The standard InChI is InChI=1S/C22H22N2O4S/c1-15-6-4-8-18(12-15)24-29(26,27)19-11-10-16(2)20(13-19)23-14-17-7-5-9-21(28-3)22(17)25/h4-14,24-25H,1-3H3. The van der Waals surface area contributed by atoms with E-state index in [-0.39, 0.29) is 10.6 Å². The van der Waals surface area contributed by atoms with Gasteiger partial charge in [-0.15, -0.1) is 0 Å². The Kier molecular flexibility index (Phi) is 5.89. The van der Waals surface area contributed by atoms with E-state index >= 15 is 0 Å². The number of anilines is 1. The van der Waals surface area contributed by atoms with Crippen LogP contribution in [0.25, 0.3) is 0 Å². The van der Waals surface area contributed by atoms with Crippen molar-refractivity contribution < 1.29 is 18.3 Å². The highest BCUT2D eigenvalue weighted by molar-refractivity contribution is 7.92. The Hall–Kier alpha value is -3.32. The van der Waals surface area contributed by atoms with Gasteiger partial charge in [0.2, 0.25) is 0 Å². The van der Waals surface area contributed by atoms with Gasteiger partial charge < -0.3 is 9.84 Å². The molecule has 3 rings (SSSR count). The Morgan fingerprint density at radius 1 is 1.03 bits per heavy atom. The van der Waals surface area contributed by atoms with Crippen LogP contribution < -0.4 is 9.46 Å². The van der Waals surface area contributed by atoms with Crippen LogP contribution in [0.4, 0.5) is 11.4 Å². The van der Waals surface area contributed by atoms with Gasteiger partial charge in [-0.25, -0.2) is 8.42 Å². The van der Waals surface area contributed by atoms with E-state index < -0.39 is 10.0 Å². The molecule has 150 valence electrons. The smallest absolute Gasteiger partial charge is 0.261 e. The zero-order valence-electron chi connectivity index (χ0n) is 16.4. The van der Waals surface area contributed by atoms with Gasteiger partial charge in [0.15, 0.2) is 11.5 Å². The molecule has 0 aliphatic heterocycles. The summed E-state index contributed by atoms with van der Waals surface area (Å²) >= 11 is 0. The van der Waals surface area contributed by atoms with Gasteiger partial charge in [-0.05, 0) is 61.4 Å². The first-order valence-corrected chi connectivity index (χ1v) is 10.4. The van der Waals surface area contributed by atoms with E-state index in [4.69, 9.17) is 4.74 Å². The second kappa shape index (κ2) is 8.36. The number of hydrogen-bond donors (Lipinski definition) is 2. The molecular formula is C22H22N2O4S. The molecule has 0 heterocycles. The first kappa shape index (κ1) is 20.4. The molecule has 0 saturated carbocycles. The lowest BCUT2D eigenvalue weighted by Crippen LogP contribution is -2.13. The minimum atomic E-state index is -3.76. The second-order valence-electron chi connectivity index (χ2n) is 6.58. The number of phenols is 1. The molecule has 0 bridgehead atoms. The first-order chi connectivity index (χ1) is 13.8. The van der Waals surface area contributed by atoms with Crippen molar-refractivity contribution in [2.24, 2.45) is 4.99 Å². The van der Waals surface area contributed by atoms with Crippen molar-refractivity contribution in [1.29, 1.82) is 0 Å². The molecule has 0 spiro atoms. The van der Waals surface area contributed by atoms with Crippen LogP contribution in [0.15, 0.2) is 70.6 Å². The van der Waals surface area contributed by atoms with Crippen molar-refractivity contribution in [1.82, 2.24) is 0 Å². The third kappa shape index (κ3) is 4.75. The maximum Gasteiger partial charge on any atom is 0.261 e. The normalized spacial score (nSPS) is 11.6. The van der Waals surface area contributed by atoms with E-state index in [0.29, 0.717) is 22.7 Å². The Balaban J connectivity index is 1.92. The van der Waals surface area contributed by atoms with Crippen LogP contribution in [0, 0.1) is 13.8 Å². The number of aliphatic imine (C=N–C) groups is 1. The molecular weight excluding hydrogens is 388 g/mol. The molecule has 7 heteroatoms. The summed E-state index contributed by atoms with van der Waals surface area (Å²) in [5.74, 6) is 0.311. The number of aryl methyl sites for hydroxylation is 2. The lowest BCUT2D eigenvalue weighted by atomic mass is 10.2. The zero-order valence-corrected chi connectivity index (χ0v) is 17.2. The third-order valence-corrected chi connectivity index (χ3v) is 5.73. The molecule has 0 aromatic heterocycles. The van der Waals surface area contributed by atoms with Crippen molar-refractivity contribution >= 4 is 27.6 Å². The quantitative estimate of drug-likeness (QED) is 0.583. The van der Waals surface area contributed by atoms with E-state index in [0.717, 1.165) is 11.1 Å². The molecule has 0 amide bonds. The fourth-order valence-corrected chi connectivity index (χ4v) is 3.83. The Morgan fingerprint density at radius 2 is 1.79 bits per heavy atom. The van der Waals surface area contributed by atoms with Crippen LogP contribution in [0.2, 0.25) is 0 Å². The molecule has 0 unspecified atom stereocenters. The average molecular weight is 410 g/mol. The van der Waals surface area contributed by atoms with Gasteiger partial charge in [0, 0.05) is 17.5 Å². The SMILES string of the molecule is COc1cccc(C=Nc2cc(S(=O)(=O)Nc3cccc(C)c3)ccc2C)c1O. The maximum atomic E-state index is 12.8. The minimum Gasteiger partial charge on any atom is -0.504 e. The summed E-state index contributed by atoms with van der Waals surface area (Å²) in [6.45, 7) is 3.73. The average Bonchev–Trinajstić information content (AvgIpc) is 2.68. The third-order valence-electron chi connectivity index (χ3n) is 4.35. The first-order valence-electron chi connectivity index (χ1n) is 8.90. The number of nitrogens with zero attached hydrogens (tertiary/aromatic N) is 1. The Morgan fingerprint density at radius 3 is 2.52 bits per heavy atom. The van der Waals surface area contributed by atoms with Crippen LogP contribution in [0.5, 0.6) is 11.5 Å². The highest BCUT2D eigenvalue weighted by atomic mass is 32.2. The number of aromatic hydroxyl groups is 1. The highest BCUT2D eigenvalue weighted by Gasteiger charge is 2.16. The molecule has 0 radical (unpaired) electrons. The van der Waals surface area contributed by atoms with Crippen molar-refractivity contribution in [3.8, 4) is 11.5 Å². The molecule has 29 heavy (non-hydrogen) atoms. The number of sulfonamides is 1. The van der Waals surface area contributed by atoms with E-state index in [2.05, 4.69) is 9.71 Å². The summed E-state index contributed by atoms with van der Waals surface area (Å²) in [5, 5.41) is 10.2. The molecule has 2 N–H and O–H groups in total. The maximum absolute atomic E-state index is 12.8. The number of ether oxygens (including phenoxy) is 1. The monoisotopic (exact) mass is 410 g/mol. The number of benzene rings is 3. The van der Waals surface area contributed by atoms with E-state index in [1.807, 2.05) is 19.9 Å². The topological polar surface area (TPSA) is 88.0 Å². The summed E-state index contributed by atoms with van der Waals surface area (Å²) in [7, 11) is -2.30.